The first-order chi connectivity index (χ1) is 6.45. The lowest BCUT2D eigenvalue weighted by Gasteiger charge is -1.94. The van der Waals surface area contributed by atoms with Gasteiger partial charge in [-0.2, -0.15) is 0 Å². The van der Waals surface area contributed by atoms with E-state index in [2.05, 4.69) is 35.8 Å². The lowest BCUT2D eigenvalue weighted by molar-refractivity contribution is -0.130. The summed E-state index contributed by atoms with van der Waals surface area (Å²) in [5.41, 5.74) is 0. The molecule has 0 amide bonds. The molecule has 0 aromatic heterocycles. The largest absolute Gasteiger partial charge is 0.452 e. The van der Waals surface area contributed by atoms with E-state index in [1.54, 1.807) is 14.2 Å². The van der Waals surface area contributed by atoms with E-state index in [9.17, 15) is 4.79 Å². The van der Waals surface area contributed by atoms with Crippen molar-refractivity contribution in [2.24, 2.45) is 0 Å². The molecule has 0 heterocycles. The molecule has 0 rings (SSSR count). The van der Waals surface area contributed by atoms with Crippen LogP contribution in [0.4, 0.5) is 0 Å². The minimum Gasteiger partial charge on any atom is -0.452 e. The molecule has 0 aromatic carbocycles. The van der Waals surface area contributed by atoms with Crippen molar-refractivity contribution in [1.29, 1.82) is 0 Å². The Kier molecular flexibility index (Phi) is 31.0. The van der Waals surface area contributed by atoms with E-state index in [0.717, 1.165) is 0 Å². The summed E-state index contributed by atoms with van der Waals surface area (Å²) in [6.45, 7) is 1.34. The summed E-state index contributed by atoms with van der Waals surface area (Å²) in [5, 5.41) is 0. The topological polar surface area (TPSA) is 44.8 Å². The first-order valence-electron chi connectivity index (χ1n) is 3.15. The zero-order chi connectivity index (χ0) is 12.0. The Labute approximate surface area is 98.0 Å². The minimum atomic E-state index is -0.282. The molecule has 4 nitrogen and oxygen atoms in total. The van der Waals surface area contributed by atoms with Crippen LogP contribution in [0.25, 0.3) is 0 Å². The summed E-state index contributed by atoms with van der Waals surface area (Å²) in [6, 6.07) is 0. The molecule has 0 aliphatic heterocycles. The molecule has 0 N–H and O–H groups in total. The summed E-state index contributed by atoms with van der Waals surface area (Å²) < 4.78 is 13.3. The van der Waals surface area contributed by atoms with Crippen LogP contribution in [-0.4, -0.2) is 20.2 Å². The number of hydrogen-bond donors (Lipinski definition) is 0. The Hall–Kier alpha value is 1.97. The van der Waals surface area contributed by atoms with E-state index >= 15 is 0 Å². The van der Waals surface area contributed by atoms with E-state index in [1.807, 2.05) is 9.47 Å². The molecular weight excluding hydrogens is 298 g/mol. The predicted octanol–water partition coefficient (Wildman–Crippen LogP) is 2.97. The highest BCUT2D eigenvalue weighted by Crippen LogP contribution is 2.52. The Morgan fingerprint density at radius 1 is 1.36 bits per heavy atom. The quantitative estimate of drug-likeness (QED) is 0.735. The molecule has 10 heteroatoms. The van der Waals surface area contributed by atoms with Crippen LogP contribution >= 0.6 is 52.3 Å². The number of rotatable bonds is 2. The molecule has 0 aliphatic carbocycles. The van der Waals surface area contributed by atoms with Crippen molar-refractivity contribution >= 4 is 58.2 Å². The lowest BCUT2D eigenvalue weighted by Crippen LogP contribution is -1.82. The Morgan fingerprint density at radius 3 is 1.57 bits per heavy atom. The number of carbonyl (C=O) groups excluding carboxylic acids is 1. The SMILES string of the molecule is CC(=O)OP.COP(P)P.COPP. The Balaban J connectivity index is -0.000000131. The fraction of sp³-hybridized carbons (Fsp3) is 0.750. The Morgan fingerprint density at radius 2 is 1.57 bits per heavy atom. The molecule has 0 fully saturated rings. The average molecular weight is 316 g/mol. The second-order valence-corrected chi connectivity index (χ2v) is 8.99. The maximum atomic E-state index is 9.57. The van der Waals surface area contributed by atoms with Crippen LogP contribution in [0.3, 0.4) is 0 Å². The highest BCUT2D eigenvalue weighted by molar-refractivity contribution is 8.41. The van der Waals surface area contributed by atoms with Gasteiger partial charge < -0.3 is 13.6 Å². The van der Waals surface area contributed by atoms with Gasteiger partial charge in [-0.3, -0.25) is 4.79 Å². The van der Waals surface area contributed by atoms with Crippen LogP contribution < -0.4 is 0 Å². The number of carbonyl (C=O) groups is 1. The highest BCUT2D eigenvalue weighted by atomic mass is 32.4. The molecule has 0 bridgehead atoms. The molecular formula is C4H18O4P6. The van der Waals surface area contributed by atoms with Crippen molar-refractivity contribution in [2.45, 2.75) is 6.92 Å². The van der Waals surface area contributed by atoms with Crippen molar-refractivity contribution in [3.05, 3.63) is 0 Å². The van der Waals surface area contributed by atoms with Gasteiger partial charge in [0.2, 0.25) is 0 Å². The minimum absolute atomic E-state index is 0.265. The Bertz CT molecular complexity index is 110. The maximum absolute atomic E-state index is 9.57. The van der Waals surface area contributed by atoms with Crippen LogP contribution in [0.1, 0.15) is 6.92 Å². The molecule has 0 aromatic rings. The van der Waals surface area contributed by atoms with Crippen molar-refractivity contribution < 1.29 is 18.4 Å². The molecule has 5 unspecified atom stereocenters. The third-order valence-electron chi connectivity index (χ3n) is 0.495. The lowest BCUT2D eigenvalue weighted by atomic mass is 10.9. The van der Waals surface area contributed by atoms with E-state index < -0.39 is 0 Å². The van der Waals surface area contributed by atoms with Gasteiger partial charge in [-0.15, -0.1) is 0 Å². The highest BCUT2D eigenvalue weighted by Gasteiger charge is 1.78. The van der Waals surface area contributed by atoms with Gasteiger partial charge >= 0.3 is 5.97 Å². The van der Waals surface area contributed by atoms with E-state index in [0.29, 0.717) is 8.50 Å². The van der Waals surface area contributed by atoms with Crippen LogP contribution in [0.15, 0.2) is 0 Å². The van der Waals surface area contributed by atoms with Crippen molar-refractivity contribution in [3.63, 3.8) is 0 Å². The van der Waals surface area contributed by atoms with Gasteiger partial charge in [0, 0.05) is 29.6 Å². The first kappa shape index (κ1) is 21.3. The van der Waals surface area contributed by atoms with Crippen molar-refractivity contribution in [2.75, 3.05) is 14.2 Å². The summed E-state index contributed by atoms with van der Waals surface area (Å²) in [5.74, 6) is -0.282. The zero-order valence-electron chi connectivity index (χ0n) is 8.39. The van der Waals surface area contributed by atoms with Gasteiger partial charge in [0.15, 0.2) is 0 Å². The van der Waals surface area contributed by atoms with Gasteiger partial charge in [0.05, 0.1) is 17.0 Å². The second-order valence-electron chi connectivity index (χ2n) is 1.47. The summed E-state index contributed by atoms with van der Waals surface area (Å²) in [7, 11) is 13.0. The normalized spacial score (nSPS) is 8.86. The molecule has 5 atom stereocenters. The van der Waals surface area contributed by atoms with Gasteiger partial charge in [0.25, 0.3) is 0 Å². The van der Waals surface area contributed by atoms with Crippen LogP contribution in [0.5, 0.6) is 0 Å². The molecule has 0 radical (unpaired) electrons. The van der Waals surface area contributed by atoms with Crippen LogP contribution in [0.2, 0.25) is 0 Å². The monoisotopic (exact) mass is 316 g/mol. The molecule has 14 heavy (non-hydrogen) atoms. The maximum Gasteiger partial charge on any atom is 0.304 e. The standard InChI is InChI=1S/C2H5O2P.CH7OP3.CH6OP2/c1-2(3)4-5;1-2-5(3)4;1-2-4-3/h5H2,1H3;3-4H2,1H3;4H,3H2,1H3. The molecule has 0 saturated carbocycles. The molecule has 0 spiro atoms. The average Bonchev–Trinajstić information content (AvgIpc) is 2.19. The van der Waals surface area contributed by atoms with Gasteiger partial charge in [0.1, 0.15) is 0 Å². The fourth-order valence-electron chi connectivity index (χ4n) is 0. The second kappa shape index (κ2) is 20.4. The third kappa shape index (κ3) is 48.4. The van der Waals surface area contributed by atoms with Crippen molar-refractivity contribution in [1.82, 2.24) is 0 Å². The predicted molar refractivity (Wildman–Crippen MR) is 79.9 cm³/mol. The third-order valence-corrected chi connectivity index (χ3v) is 3.46. The molecule has 0 aliphatic rings. The summed E-state index contributed by atoms with van der Waals surface area (Å²) >= 11 is 0. The van der Waals surface area contributed by atoms with Crippen LogP contribution in [-0.2, 0) is 18.4 Å². The van der Waals surface area contributed by atoms with Crippen LogP contribution in [0, 0.1) is 0 Å². The van der Waals surface area contributed by atoms with Gasteiger partial charge in [-0.1, -0.05) is 26.8 Å². The zero-order valence-corrected chi connectivity index (χ0v) is 14.9. The van der Waals surface area contributed by atoms with Gasteiger partial charge in [-0.05, 0) is 0 Å². The summed E-state index contributed by atoms with van der Waals surface area (Å²) in [4.78, 5) is 9.57. The molecule has 88 valence electrons. The van der Waals surface area contributed by atoms with E-state index in [-0.39, 0.29) is 13.5 Å². The summed E-state index contributed by atoms with van der Waals surface area (Å²) in [6.07, 6.45) is 0. The van der Waals surface area contributed by atoms with Crippen molar-refractivity contribution in [3.8, 4) is 0 Å². The van der Waals surface area contributed by atoms with E-state index in [1.165, 1.54) is 6.92 Å². The molecule has 0 saturated heterocycles. The fourth-order valence-corrected chi connectivity index (χ4v) is 0. The first-order valence-corrected chi connectivity index (χ1v) is 10.8. The van der Waals surface area contributed by atoms with E-state index in [4.69, 9.17) is 4.52 Å². The smallest absolute Gasteiger partial charge is 0.304 e. The number of hydrogen-bond acceptors (Lipinski definition) is 4. The van der Waals surface area contributed by atoms with Gasteiger partial charge in [-0.25, -0.2) is 0 Å².